The van der Waals surface area contributed by atoms with Crippen LogP contribution in [0, 0.1) is 0 Å². The zero-order chi connectivity index (χ0) is 9.84. The van der Waals surface area contributed by atoms with E-state index in [0.29, 0.717) is 11.1 Å². The van der Waals surface area contributed by atoms with Gasteiger partial charge in [0.1, 0.15) is 0 Å². The van der Waals surface area contributed by atoms with Crippen molar-refractivity contribution in [2.24, 2.45) is 0 Å². The molecule has 0 unspecified atom stereocenters. The number of aliphatic hydroxyl groups excluding tert-OH is 1. The molecule has 1 aromatic rings. The maximum Gasteiger partial charge on any atom is 0.253 e. The van der Waals surface area contributed by atoms with Gasteiger partial charge in [0.15, 0.2) is 0 Å². The minimum atomic E-state index is -0.101. The fourth-order valence-corrected chi connectivity index (χ4v) is 1.11. The maximum absolute atomic E-state index is 11.5. The molecule has 1 aromatic carbocycles. The van der Waals surface area contributed by atoms with E-state index in [-0.39, 0.29) is 12.5 Å². The number of hydrogen-bond acceptors (Lipinski definition) is 2. The van der Waals surface area contributed by atoms with E-state index in [2.05, 4.69) is 0 Å². The van der Waals surface area contributed by atoms with E-state index in [0.717, 1.165) is 0 Å². The second-order valence-electron chi connectivity index (χ2n) is 3.01. The molecule has 0 fully saturated rings. The summed E-state index contributed by atoms with van der Waals surface area (Å²) >= 11 is 0. The van der Waals surface area contributed by atoms with Crippen LogP contribution in [0.2, 0.25) is 0 Å². The summed E-state index contributed by atoms with van der Waals surface area (Å²) in [5, 5.41) is 8.98. The Hall–Kier alpha value is -1.35. The van der Waals surface area contributed by atoms with Crippen molar-refractivity contribution < 1.29 is 9.90 Å². The third-order valence-corrected chi connectivity index (χ3v) is 1.82. The Morgan fingerprint density at radius 1 is 1.38 bits per heavy atom. The van der Waals surface area contributed by atoms with E-state index in [4.69, 9.17) is 5.11 Å². The summed E-state index contributed by atoms with van der Waals surface area (Å²) in [6.45, 7) is -0.101. The number of benzene rings is 1. The van der Waals surface area contributed by atoms with Crippen molar-refractivity contribution in [2.75, 3.05) is 14.1 Å². The average molecular weight is 179 g/mol. The minimum absolute atomic E-state index is 0.0790. The number of nitrogens with zero attached hydrogens (tertiary/aromatic N) is 1. The van der Waals surface area contributed by atoms with E-state index in [9.17, 15) is 4.79 Å². The molecule has 0 saturated carbocycles. The summed E-state index contributed by atoms with van der Waals surface area (Å²) in [4.78, 5) is 13.0. The van der Waals surface area contributed by atoms with Crippen LogP contribution in [0.4, 0.5) is 0 Å². The zero-order valence-electron chi connectivity index (χ0n) is 7.82. The lowest BCUT2D eigenvalue weighted by atomic mass is 10.1. The van der Waals surface area contributed by atoms with Crippen LogP contribution in [-0.4, -0.2) is 30.0 Å². The number of hydrogen-bond donors (Lipinski definition) is 1. The molecule has 70 valence electrons. The molecule has 0 aliphatic rings. The van der Waals surface area contributed by atoms with Gasteiger partial charge in [0.2, 0.25) is 0 Å². The Kier molecular flexibility index (Phi) is 3.03. The molecule has 3 nitrogen and oxygen atoms in total. The number of amides is 1. The Morgan fingerprint density at radius 2 is 2.00 bits per heavy atom. The van der Waals surface area contributed by atoms with Crippen molar-refractivity contribution in [3.8, 4) is 0 Å². The summed E-state index contributed by atoms with van der Waals surface area (Å²) in [5.41, 5.74) is 1.23. The molecule has 0 spiro atoms. The molecule has 0 saturated heterocycles. The summed E-state index contributed by atoms with van der Waals surface area (Å²) in [7, 11) is 3.38. The van der Waals surface area contributed by atoms with Gasteiger partial charge in [-0.2, -0.15) is 0 Å². The summed E-state index contributed by atoms with van der Waals surface area (Å²) in [6.07, 6.45) is 0. The van der Waals surface area contributed by atoms with E-state index in [1.54, 1.807) is 38.4 Å². The third-order valence-electron chi connectivity index (χ3n) is 1.82. The maximum atomic E-state index is 11.5. The molecular formula is C10H13NO2. The second-order valence-corrected chi connectivity index (χ2v) is 3.01. The van der Waals surface area contributed by atoms with Crippen molar-refractivity contribution in [3.63, 3.8) is 0 Å². The SMILES string of the molecule is CN(C)C(=O)c1ccccc1CO. The van der Waals surface area contributed by atoms with Gasteiger partial charge in [0.05, 0.1) is 6.61 Å². The molecule has 0 aromatic heterocycles. The first-order chi connectivity index (χ1) is 6.16. The van der Waals surface area contributed by atoms with Crippen LogP contribution >= 0.6 is 0 Å². The topological polar surface area (TPSA) is 40.5 Å². The van der Waals surface area contributed by atoms with E-state index >= 15 is 0 Å². The van der Waals surface area contributed by atoms with Gasteiger partial charge in [0, 0.05) is 19.7 Å². The summed E-state index contributed by atoms with van der Waals surface area (Å²) in [5.74, 6) is -0.0790. The minimum Gasteiger partial charge on any atom is -0.392 e. The van der Waals surface area contributed by atoms with Crippen molar-refractivity contribution in [1.29, 1.82) is 0 Å². The summed E-state index contributed by atoms with van der Waals surface area (Å²) < 4.78 is 0. The first kappa shape index (κ1) is 9.74. The van der Waals surface area contributed by atoms with Crippen LogP contribution in [0.5, 0.6) is 0 Å². The number of rotatable bonds is 2. The molecule has 13 heavy (non-hydrogen) atoms. The van der Waals surface area contributed by atoms with Crippen LogP contribution in [0.1, 0.15) is 15.9 Å². The largest absolute Gasteiger partial charge is 0.392 e. The normalized spacial score (nSPS) is 9.77. The number of carbonyl (C=O) groups excluding carboxylic acids is 1. The third kappa shape index (κ3) is 2.06. The van der Waals surface area contributed by atoms with Gasteiger partial charge in [-0.05, 0) is 11.6 Å². The number of carbonyl (C=O) groups is 1. The molecule has 1 N–H and O–H groups in total. The first-order valence-corrected chi connectivity index (χ1v) is 4.07. The van der Waals surface area contributed by atoms with Crippen LogP contribution in [0.25, 0.3) is 0 Å². The van der Waals surface area contributed by atoms with Crippen molar-refractivity contribution in [3.05, 3.63) is 35.4 Å². The molecule has 0 atom stereocenters. The number of aliphatic hydroxyl groups is 1. The standard InChI is InChI=1S/C10H13NO2/c1-11(2)10(13)9-6-4-3-5-8(9)7-12/h3-6,12H,7H2,1-2H3. The predicted octanol–water partition coefficient (Wildman–Crippen LogP) is 0.881. The van der Waals surface area contributed by atoms with Crippen LogP contribution in [0.3, 0.4) is 0 Å². The molecule has 3 heteroatoms. The van der Waals surface area contributed by atoms with Gasteiger partial charge in [-0.3, -0.25) is 4.79 Å². The van der Waals surface area contributed by atoms with Crippen molar-refractivity contribution in [1.82, 2.24) is 4.90 Å². The lowest BCUT2D eigenvalue weighted by molar-refractivity contribution is 0.0824. The highest BCUT2D eigenvalue weighted by atomic mass is 16.3. The highest BCUT2D eigenvalue weighted by molar-refractivity contribution is 5.95. The zero-order valence-corrected chi connectivity index (χ0v) is 7.82. The Balaban J connectivity index is 3.06. The quantitative estimate of drug-likeness (QED) is 0.732. The lowest BCUT2D eigenvalue weighted by Gasteiger charge is -2.12. The van der Waals surface area contributed by atoms with Crippen LogP contribution in [0.15, 0.2) is 24.3 Å². The van der Waals surface area contributed by atoms with Gasteiger partial charge in [-0.25, -0.2) is 0 Å². The second kappa shape index (κ2) is 4.05. The molecule has 0 radical (unpaired) electrons. The van der Waals surface area contributed by atoms with Gasteiger partial charge < -0.3 is 10.0 Å². The highest BCUT2D eigenvalue weighted by Crippen LogP contribution is 2.10. The molecule has 0 aliphatic heterocycles. The van der Waals surface area contributed by atoms with Gasteiger partial charge >= 0.3 is 0 Å². The predicted molar refractivity (Wildman–Crippen MR) is 50.4 cm³/mol. The van der Waals surface area contributed by atoms with E-state index in [1.807, 2.05) is 0 Å². The van der Waals surface area contributed by atoms with Crippen LogP contribution in [-0.2, 0) is 6.61 Å². The Bertz CT molecular complexity index is 308. The van der Waals surface area contributed by atoms with Crippen molar-refractivity contribution in [2.45, 2.75) is 6.61 Å². The molecule has 1 amide bonds. The Labute approximate surface area is 77.6 Å². The van der Waals surface area contributed by atoms with E-state index < -0.39 is 0 Å². The van der Waals surface area contributed by atoms with Crippen LogP contribution < -0.4 is 0 Å². The fraction of sp³-hybridized carbons (Fsp3) is 0.300. The highest BCUT2D eigenvalue weighted by Gasteiger charge is 2.11. The lowest BCUT2D eigenvalue weighted by Crippen LogP contribution is -2.22. The van der Waals surface area contributed by atoms with Crippen molar-refractivity contribution >= 4 is 5.91 Å². The Morgan fingerprint density at radius 3 is 2.54 bits per heavy atom. The first-order valence-electron chi connectivity index (χ1n) is 4.07. The van der Waals surface area contributed by atoms with Gasteiger partial charge in [-0.15, -0.1) is 0 Å². The fourth-order valence-electron chi connectivity index (χ4n) is 1.11. The summed E-state index contributed by atoms with van der Waals surface area (Å²) in [6, 6.07) is 7.05. The molecule has 0 bridgehead atoms. The van der Waals surface area contributed by atoms with Gasteiger partial charge in [-0.1, -0.05) is 18.2 Å². The van der Waals surface area contributed by atoms with Gasteiger partial charge in [0.25, 0.3) is 5.91 Å². The van der Waals surface area contributed by atoms with E-state index in [1.165, 1.54) is 4.90 Å². The molecule has 1 rings (SSSR count). The molecule has 0 heterocycles. The molecule has 0 aliphatic carbocycles. The molecular weight excluding hydrogens is 166 g/mol. The monoisotopic (exact) mass is 179 g/mol. The smallest absolute Gasteiger partial charge is 0.253 e. The average Bonchev–Trinajstić information content (AvgIpc) is 2.16.